The minimum Gasteiger partial charge on any atom is -0.348 e. The number of rotatable bonds is 4. The number of hydrogen-bond acceptors (Lipinski definition) is 4. The first kappa shape index (κ1) is 14.5. The van der Waals surface area contributed by atoms with Gasteiger partial charge in [-0.05, 0) is 37.5 Å². The third-order valence-electron chi connectivity index (χ3n) is 4.14. The lowest BCUT2D eigenvalue weighted by Gasteiger charge is -2.20. The van der Waals surface area contributed by atoms with Crippen LogP contribution in [-0.4, -0.2) is 24.4 Å². The van der Waals surface area contributed by atoms with Gasteiger partial charge in [-0.25, -0.2) is 4.98 Å². The Morgan fingerprint density at radius 2 is 2.21 bits per heavy atom. The third kappa shape index (κ3) is 3.35. The lowest BCUT2D eigenvalue weighted by Crippen LogP contribution is -2.24. The summed E-state index contributed by atoms with van der Waals surface area (Å²) in [5, 5.41) is 1.04. The van der Waals surface area contributed by atoms with E-state index >= 15 is 0 Å². The smallest absolute Gasteiger partial charge is 0.186 e. The molecule has 0 amide bonds. The van der Waals surface area contributed by atoms with E-state index in [1.807, 2.05) is 0 Å². The van der Waals surface area contributed by atoms with Crippen molar-refractivity contribution in [1.29, 1.82) is 0 Å². The van der Waals surface area contributed by atoms with Gasteiger partial charge in [-0.1, -0.05) is 32.1 Å². The molecule has 106 valence electrons. The van der Waals surface area contributed by atoms with Crippen LogP contribution in [0.1, 0.15) is 55.4 Å². The fraction of sp³-hybridized carbons (Fsp3) is 0.733. The van der Waals surface area contributed by atoms with Crippen LogP contribution in [0.25, 0.3) is 0 Å². The van der Waals surface area contributed by atoms with E-state index in [0.717, 1.165) is 53.3 Å². The molecular formula is C15H24N2OS. The van der Waals surface area contributed by atoms with Gasteiger partial charge < -0.3 is 4.90 Å². The van der Waals surface area contributed by atoms with Crippen molar-refractivity contribution in [1.82, 2.24) is 4.98 Å². The van der Waals surface area contributed by atoms with Gasteiger partial charge in [0.05, 0.1) is 10.6 Å². The summed E-state index contributed by atoms with van der Waals surface area (Å²) in [7, 11) is 0. The summed E-state index contributed by atoms with van der Waals surface area (Å²) in [6.07, 6.45) is 5.60. The number of aryl methyl sites for hydroxylation is 1. The molecule has 0 radical (unpaired) electrons. The standard InChI is InChI=1S/C15H24N2OS/c1-4-13-14(10-18)19-15(16-13)17-8-5-6-12(7-9-17)11(2)3/h10-12H,4-9H2,1-3H3. The fourth-order valence-electron chi connectivity index (χ4n) is 2.81. The first-order chi connectivity index (χ1) is 9.15. The molecule has 1 saturated heterocycles. The molecule has 1 aromatic heterocycles. The highest BCUT2D eigenvalue weighted by atomic mass is 32.1. The molecule has 3 nitrogen and oxygen atoms in total. The molecule has 1 aliphatic heterocycles. The molecule has 1 aliphatic rings. The zero-order chi connectivity index (χ0) is 13.8. The molecule has 0 spiro atoms. The average Bonchev–Trinajstić information content (AvgIpc) is 2.66. The summed E-state index contributed by atoms with van der Waals surface area (Å²) in [4.78, 5) is 18.9. The summed E-state index contributed by atoms with van der Waals surface area (Å²) in [5.41, 5.74) is 0.958. The van der Waals surface area contributed by atoms with Gasteiger partial charge in [0.1, 0.15) is 0 Å². The van der Waals surface area contributed by atoms with Crippen LogP contribution in [-0.2, 0) is 6.42 Å². The SMILES string of the molecule is CCc1nc(N2CCCC(C(C)C)CC2)sc1C=O. The lowest BCUT2D eigenvalue weighted by atomic mass is 9.89. The maximum Gasteiger partial charge on any atom is 0.186 e. The average molecular weight is 280 g/mol. The van der Waals surface area contributed by atoms with Gasteiger partial charge in [0.2, 0.25) is 0 Å². The maximum absolute atomic E-state index is 11.0. The molecular weight excluding hydrogens is 256 g/mol. The first-order valence-corrected chi connectivity index (χ1v) is 8.17. The van der Waals surface area contributed by atoms with E-state index in [0.29, 0.717) is 0 Å². The van der Waals surface area contributed by atoms with E-state index in [1.54, 1.807) is 11.3 Å². The summed E-state index contributed by atoms with van der Waals surface area (Å²) in [6, 6.07) is 0. The van der Waals surface area contributed by atoms with E-state index < -0.39 is 0 Å². The Hall–Kier alpha value is -0.900. The minimum absolute atomic E-state index is 0.771. The zero-order valence-corrected chi connectivity index (χ0v) is 13.0. The van der Waals surface area contributed by atoms with Gasteiger partial charge in [0, 0.05) is 13.1 Å². The van der Waals surface area contributed by atoms with Gasteiger partial charge in [-0.2, -0.15) is 0 Å². The molecule has 1 atom stereocenters. The van der Waals surface area contributed by atoms with Crippen molar-refractivity contribution in [3.05, 3.63) is 10.6 Å². The molecule has 0 saturated carbocycles. The number of aromatic nitrogens is 1. The van der Waals surface area contributed by atoms with Crippen LogP contribution in [0.5, 0.6) is 0 Å². The number of carbonyl (C=O) groups is 1. The second kappa shape index (κ2) is 6.51. The van der Waals surface area contributed by atoms with E-state index in [9.17, 15) is 4.79 Å². The number of carbonyl (C=O) groups excluding carboxylic acids is 1. The molecule has 0 N–H and O–H groups in total. The Kier molecular flexibility index (Phi) is 4.97. The molecule has 4 heteroatoms. The highest BCUT2D eigenvalue weighted by Gasteiger charge is 2.22. The van der Waals surface area contributed by atoms with Crippen molar-refractivity contribution < 1.29 is 4.79 Å². The Labute approximate surface area is 120 Å². The van der Waals surface area contributed by atoms with Crippen LogP contribution in [0.15, 0.2) is 0 Å². The van der Waals surface area contributed by atoms with E-state index in [4.69, 9.17) is 0 Å². The fourth-order valence-corrected chi connectivity index (χ4v) is 3.83. The monoisotopic (exact) mass is 280 g/mol. The van der Waals surface area contributed by atoms with Crippen LogP contribution < -0.4 is 4.90 Å². The van der Waals surface area contributed by atoms with Crippen molar-refractivity contribution in [2.75, 3.05) is 18.0 Å². The van der Waals surface area contributed by atoms with Crippen molar-refractivity contribution in [2.45, 2.75) is 46.5 Å². The highest BCUT2D eigenvalue weighted by Crippen LogP contribution is 2.30. The molecule has 1 unspecified atom stereocenters. The highest BCUT2D eigenvalue weighted by molar-refractivity contribution is 7.17. The Balaban J connectivity index is 2.09. The Bertz CT molecular complexity index is 428. The van der Waals surface area contributed by atoms with E-state index in [-0.39, 0.29) is 0 Å². The van der Waals surface area contributed by atoms with E-state index in [2.05, 4.69) is 30.7 Å². The Morgan fingerprint density at radius 1 is 1.42 bits per heavy atom. The van der Waals surface area contributed by atoms with Gasteiger partial charge >= 0.3 is 0 Å². The van der Waals surface area contributed by atoms with Gasteiger partial charge in [0.25, 0.3) is 0 Å². The van der Waals surface area contributed by atoms with Crippen molar-refractivity contribution in [3.63, 3.8) is 0 Å². The lowest BCUT2D eigenvalue weighted by molar-refractivity contribution is 0.112. The van der Waals surface area contributed by atoms with Crippen LogP contribution >= 0.6 is 11.3 Å². The molecule has 0 aliphatic carbocycles. The van der Waals surface area contributed by atoms with Gasteiger partial charge in [-0.3, -0.25) is 4.79 Å². The second-order valence-electron chi connectivity index (χ2n) is 5.70. The normalized spacial score (nSPS) is 20.6. The van der Waals surface area contributed by atoms with Crippen molar-refractivity contribution in [3.8, 4) is 0 Å². The molecule has 1 aromatic rings. The van der Waals surface area contributed by atoms with Crippen LogP contribution in [0, 0.1) is 11.8 Å². The molecule has 0 aromatic carbocycles. The largest absolute Gasteiger partial charge is 0.348 e. The topological polar surface area (TPSA) is 33.2 Å². The summed E-state index contributed by atoms with van der Waals surface area (Å²) >= 11 is 1.56. The van der Waals surface area contributed by atoms with Crippen LogP contribution in [0.3, 0.4) is 0 Å². The third-order valence-corrected chi connectivity index (χ3v) is 5.23. The predicted octanol–water partition coefficient (Wildman–Crippen LogP) is 3.78. The molecule has 2 heterocycles. The number of anilines is 1. The Morgan fingerprint density at radius 3 is 2.79 bits per heavy atom. The predicted molar refractivity (Wildman–Crippen MR) is 81.3 cm³/mol. The first-order valence-electron chi connectivity index (χ1n) is 7.35. The summed E-state index contributed by atoms with van der Waals surface area (Å²) < 4.78 is 0. The summed E-state index contributed by atoms with van der Waals surface area (Å²) in [6.45, 7) is 8.87. The van der Waals surface area contributed by atoms with Crippen LogP contribution in [0.4, 0.5) is 5.13 Å². The molecule has 1 fully saturated rings. The van der Waals surface area contributed by atoms with Crippen molar-refractivity contribution in [2.24, 2.45) is 11.8 Å². The van der Waals surface area contributed by atoms with Crippen LogP contribution in [0.2, 0.25) is 0 Å². The number of nitrogens with zero attached hydrogens (tertiary/aromatic N) is 2. The van der Waals surface area contributed by atoms with Crippen molar-refractivity contribution >= 4 is 22.8 Å². The van der Waals surface area contributed by atoms with Gasteiger partial charge in [-0.15, -0.1) is 0 Å². The molecule has 19 heavy (non-hydrogen) atoms. The molecule has 0 bridgehead atoms. The number of thiazole rings is 1. The number of aldehydes is 1. The second-order valence-corrected chi connectivity index (χ2v) is 6.71. The van der Waals surface area contributed by atoms with E-state index in [1.165, 1.54) is 19.3 Å². The minimum atomic E-state index is 0.771. The zero-order valence-electron chi connectivity index (χ0n) is 12.2. The maximum atomic E-state index is 11.0. The summed E-state index contributed by atoms with van der Waals surface area (Å²) in [5.74, 6) is 1.61. The number of hydrogen-bond donors (Lipinski definition) is 0. The van der Waals surface area contributed by atoms with Gasteiger partial charge in [0.15, 0.2) is 11.4 Å². The molecule has 2 rings (SSSR count). The quantitative estimate of drug-likeness (QED) is 0.787.